The van der Waals surface area contributed by atoms with Gasteiger partial charge < -0.3 is 9.74 Å². The lowest BCUT2D eigenvalue weighted by Gasteiger charge is -2.26. The topological polar surface area (TPSA) is 24.8 Å². The Balaban J connectivity index is 1.89. The predicted molar refractivity (Wildman–Crippen MR) is 48.2 cm³/mol. The molecule has 3 atom stereocenters. The van der Waals surface area contributed by atoms with Crippen molar-refractivity contribution in [1.29, 1.82) is 0 Å². The largest absolute Gasteiger partial charge is 0.399 e. The minimum Gasteiger partial charge on any atom is -0.399 e. The van der Waals surface area contributed by atoms with Gasteiger partial charge in [0.05, 0.1) is 0 Å². The molecule has 3 nitrogen and oxygen atoms in total. The second-order valence-corrected chi connectivity index (χ2v) is 3.85. The fourth-order valence-corrected chi connectivity index (χ4v) is 2.36. The van der Waals surface area contributed by atoms with E-state index in [9.17, 15) is 0 Å². The van der Waals surface area contributed by atoms with Gasteiger partial charge in [0.15, 0.2) is 0 Å². The van der Waals surface area contributed by atoms with E-state index >= 15 is 0 Å². The van der Waals surface area contributed by atoms with E-state index in [0.29, 0.717) is 5.92 Å². The minimum absolute atomic E-state index is 0.631. The zero-order valence-electron chi connectivity index (χ0n) is 7.57. The van der Waals surface area contributed by atoms with Gasteiger partial charge in [-0.1, -0.05) is 5.16 Å². The fourth-order valence-electron chi connectivity index (χ4n) is 2.36. The van der Waals surface area contributed by atoms with Gasteiger partial charge >= 0.3 is 0 Å². The van der Waals surface area contributed by atoms with Gasteiger partial charge in [0.25, 0.3) is 0 Å². The Kier molecular flexibility index (Phi) is 2.30. The van der Waals surface area contributed by atoms with Crippen molar-refractivity contribution in [3.8, 4) is 0 Å². The molecule has 2 rings (SSSR count). The molecule has 0 N–H and O–H groups in total. The van der Waals surface area contributed by atoms with Gasteiger partial charge in [-0.2, -0.15) is 0 Å². The Morgan fingerprint density at radius 3 is 3.17 bits per heavy atom. The van der Waals surface area contributed by atoms with E-state index < -0.39 is 0 Å². The van der Waals surface area contributed by atoms with Crippen LogP contribution in [0, 0.1) is 11.8 Å². The lowest BCUT2D eigenvalue weighted by molar-refractivity contribution is 0.204. The van der Waals surface area contributed by atoms with Crippen LogP contribution in [-0.4, -0.2) is 37.9 Å². The minimum atomic E-state index is 0.631. The van der Waals surface area contributed by atoms with E-state index in [-0.39, 0.29) is 0 Å². The van der Waals surface area contributed by atoms with E-state index in [1.165, 1.54) is 32.5 Å². The Morgan fingerprint density at radius 2 is 2.42 bits per heavy atom. The van der Waals surface area contributed by atoms with E-state index in [2.05, 4.69) is 14.9 Å². The van der Waals surface area contributed by atoms with Crippen LogP contribution in [0.15, 0.2) is 5.16 Å². The van der Waals surface area contributed by atoms with Crippen LogP contribution in [0.25, 0.3) is 0 Å². The van der Waals surface area contributed by atoms with Gasteiger partial charge in [-0.15, -0.1) is 0 Å². The molecule has 3 heteroatoms. The van der Waals surface area contributed by atoms with Crippen molar-refractivity contribution in [2.45, 2.75) is 12.8 Å². The Labute approximate surface area is 73.4 Å². The van der Waals surface area contributed by atoms with Crippen molar-refractivity contribution in [3.05, 3.63) is 0 Å². The van der Waals surface area contributed by atoms with E-state index in [0.717, 1.165) is 5.92 Å². The van der Waals surface area contributed by atoms with Crippen LogP contribution >= 0.6 is 0 Å². The van der Waals surface area contributed by atoms with Gasteiger partial charge in [-0.3, -0.25) is 0 Å². The van der Waals surface area contributed by atoms with Crippen LogP contribution in [0.4, 0.5) is 0 Å². The summed E-state index contributed by atoms with van der Waals surface area (Å²) in [5.74, 6) is 1.55. The molecule has 0 saturated carbocycles. The molecule has 0 aliphatic carbocycles. The smallest absolute Gasteiger partial charge is 0.106 e. The second kappa shape index (κ2) is 3.44. The van der Waals surface area contributed by atoms with Crippen molar-refractivity contribution in [1.82, 2.24) is 4.90 Å². The third kappa shape index (κ3) is 1.61. The summed E-state index contributed by atoms with van der Waals surface area (Å²) in [6, 6.07) is 0. The molecular formula is C9H16N2O. The molecule has 0 radical (unpaired) electrons. The van der Waals surface area contributed by atoms with Gasteiger partial charge in [-0.05, 0) is 25.3 Å². The SMILES string of the molecule is CON=CC1CC2CCN(C1)C2. The highest BCUT2D eigenvalue weighted by Gasteiger charge is 2.31. The Bertz CT molecular complexity index is 169. The average molecular weight is 168 g/mol. The molecule has 0 amide bonds. The number of fused-ring (bicyclic) bond motifs is 2. The highest BCUT2D eigenvalue weighted by Crippen LogP contribution is 2.29. The molecule has 2 heterocycles. The highest BCUT2D eigenvalue weighted by molar-refractivity contribution is 5.60. The van der Waals surface area contributed by atoms with E-state index in [4.69, 9.17) is 0 Å². The number of piperidine rings is 1. The van der Waals surface area contributed by atoms with E-state index in [1.807, 2.05) is 6.21 Å². The third-order valence-corrected chi connectivity index (χ3v) is 2.88. The zero-order chi connectivity index (χ0) is 8.39. The maximum absolute atomic E-state index is 4.69. The molecule has 2 aliphatic heterocycles. The van der Waals surface area contributed by atoms with Crippen molar-refractivity contribution in [2.24, 2.45) is 17.0 Å². The fraction of sp³-hybridized carbons (Fsp3) is 0.889. The molecule has 2 bridgehead atoms. The molecule has 12 heavy (non-hydrogen) atoms. The molecule has 3 unspecified atom stereocenters. The summed E-state index contributed by atoms with van der Waals surface area (Å²) in [6.07, 6.45) is 4.66. The number of hydrogen-bond acceptors (Lipinski definition) is 3. The zero-order valence-corrected chi connectivity index (χ0v) is 7.57. The van der Waals surface area contributed by atoms with Crippen molar-refractivity contribution in [3.63, 3.8) is 0 Å². The van der Waals surface area contributed by atoms with Crippen molar-refractivity contribution >= 4 is 6.21 Å². The molecule has 0 aromatic carbocycles. The van der Waals surface area contributed by atoms with Crippen LogP contribution in [0.3, 0.4) is 0 Å². The monoisotopic (exact) mass is 168 g/mol. The molecular weight excluding hydrogens is 152 g/mol. The molecule has 0 aromatic heterocycles. The standard InChI is InChI=1S/C9H16N2O/c1-12-10-5-9-4-8-2-3-11(6-8)7-9/h5,8-9H,2-4,6-7H2,1H3. The number of oxime groups is 1. The lowest BCUT2D eigenvalue weighted by Crippen LogP contribution is -2.33. The van der Waals surface area contributed by atoms with Gasteiger partial charge in [0, 0.05) is 25.2 Å². The summed E-state index contributed by atoms with van der Waals surface area (Å²) in [5, 5.41) is 3.84. The van der Waals surface area contributed by atoms with Crippen molar-refractivity contribution in [2.75, 3.05) is 26.7 Å². The Hall–Kier alpha value is -0.570. The van der Waals surface area contributed by atoms with Crippen LogP contribution in [-0.2, 0) is 4.84 Å². The molecule has 2 fully saturated rings. The third-order valence-electron chi connectivity index (χ3n) is 2.88. The van der Waals surface area contributed by atoms with Gasteiger partial charge in [-0.25, -0.2) is 0 Å². The molecule has 0 aromatic rings. The normalized spacial score (nSPS) is 40.6. The van der Waals surface area contributed by atoms with Crippen LogP contribution < -0.4 is 0 Å². The lowest BCUT2D eigenvalue weighted by atomic mass is 9.92. The highest BCUT2D eigenvalue weighted by atomic mass is 16.6. The number of rotatable bonds is 2. The maximum atomic E-state index is 4.69. The molecule has 68 valence electrons. The summed E-state index contributed by atoms with van der Waals surface area (Å²) in [5.41, 5.74) is 0. The van der Waals surface area contributed by atoms with E-state index in [1.54, 1.807) is 7.11 Å². The Morgan fingerprint density at radius 1 is 1.50 bits per heavy atom. The summed E-state index contributed by atoms with van der Waals surface area (Å²) in [4.78, 5) is 7.21. The molecule has 0 spiro atoms. The summed E-state index contributed by atoms with van der Waals surface area (Å²) in [7, 11) is 1.61. The predicted octanol–water partition coefficient (Wildman–Crippen LogP) is 0.960. The quantitative estimate of drug-likeness (QED) is 0.453. The first-order valence-corrected chi connectivity index (χ1v) is 4.67. The van der Waals surface area contributed by atoms with Crippen LogP contribution in [0.5, 0.6) is 0 Å². The second-order valence-electron chi connectivity index (χ2n) is 3.85. The summed E-state index contributed by atoms with van der Waals surface area (Å²) < 4.78 is 0. The maximum Gasteiger partial charge on any atom is 0.106 e. The molecule has 2 aliphatic rings. The average Bonchev–Trinajstić information content (AvgIpc) is 2.42. The molecule has 2 saturated heterocycles. The summed E-state index contributed by atoms with van der Waals surface area (Å²) in [6.45, 7) is 3.79. The first-order chi connectivity index (χ1) is 5.88. The van der Waals surface area contributed by atoms with Gasteiger partial charge in [0.2, 0.25) is 0 Å². The number of nitrogens with zero attached hydrogens (tertiary/aromatic N) is 2. The van der Waals surface area contributed by atoms with Gasteiger partial charge in [0.1, 0.15) is 7.11 Å². The number of hydrogen-bond donors (Lipinski definition) is 0. The van der Waals surface area contributed by atoms with Crippen LogP contribution in [0.2, 0.25) is 0 Å². The first-order valence-electron chi connectivity index (χ1n) is 4.67. The summed E-state index contributed by atoms with van der Waals surface area (Å²) >= 11 is 0. The van der Waals surface area contributed by atoms with Crippen LogP contribution in [0.1, 0.15) is 12.8 Å². The van der Waals surface area contributed by atoms with Crippen molar-refractivity contribution < 1.29 is 4.84 Å². The first kappa shape index (κ1) is 8.05.